The van der Waals surface area contributed by atoms with E-state index in [1.54, 1.807) is 31.5 Å². The molecular formula is C21H24N4O3S2. The van der Waals surface area contributed by atoms with Crippen LogP contribution in [0.25, 0.3) is 11.3 Å². The smallest absolute Gasteiger partial charge is 0.243 e. The van der Waals surface area contributed by atoms with Crippen LogP contribution >= 0.6 is 11.3 Å². The molecule has 158 valence electrons. The number of rotatable bonds is 9. The molecular weight excluding hydrogens is 420 g/mol. The average Bonchev–Trinajstić information content (AvgIpc) is 3.24. The van der Waals surface area contributed by atoms with Gasteiger partial charge in [-0.1, -0.05) is 26.0 Å². The van der Waals surface area contributed by atoms with Crippen molar-refractivity contribution in [2.24, 2.45) is 5.10 Å². The third kappa shape index (κ3) is 5.05. The number of sulfonamides is 1. The minimum atomic E-state index is -3.51. The van der Waals surface area contributed by atoms with Gasteiger partial charge in [0.1, 0.15) is 5.75 Å². The van der Waals surface area contributed by atoms with E-state index in [1.165, 1.54) is 15.6 Å². The summed E-state index contributed by atoms with van der Waals surface area (Å²) in [6.45, 7) is 4.52. The van der Waals surface area contributed by atoms with Crippen molar-refractivity contribution < 1.29 is 13.2 Å². The van der Waals surface area contributed by atoms with Gasteiger partial charge in [-0.15, -0.1) is 11.3 Å². The van der Waals surface area contributed by atoms with E-state index in [1.807, 2.05) is 49.6 Å². The van der Waals surface area contributed by atoms with Crippen LogP contribution < -0.4 is 10.2 Å². The molecule has 1 aromatic heterocycles. The lowest BCUT2D eigenvalue weighted by Gasteiger charge is -2.18. The Bertz CT molecular complexity index is 1110. The van der Waals surface area contributed by atoms with Crippen molar-refractivity contribution in [3.8, 4) is 17.0 Å². The second kappa shape index (κ2) is 9.84. The van der Waals surface area contributed by atoms with Crippen molar-refractivity contribution in [3.63, 3.8) is 0 Å². The molecule has 3 rings (SSSR count). The standard InChI is InChI=1S/C21H24N4O3S2/c1-4-25(5-2)30(26,27)19-8-6-7-17(13-19)20-15-29-21(23-20)24-22-14-16-9-11-18(28-3)12-10-16/h6-15H,4-5H2,1-3H3,(H,23,24). The molecule has 0 aliphatic rings. The van der Waals surface area contributed by atoms with Crippen LogP contribution in [0.5, 0.6) is 5.75 Å². The molecule has 2 aromatic carbocycles. The van der Waals surface area contributed by atoms with E-state index in [0.29, 0.717) is 23.9 Å². The highest BCUT2D eigenvalue weighted by molar-refractivity contribution is 7.89. The van der Waals surface area contributed by atoms with E-state index in [4.69, 9.17) is 4.74 Å². The molecule has 0 aliphatic carbocycles. The van der Waals surface area contributed by atoms with Gasteiger partial charge in [-0.3, -0.25) is 5.43 Å². The number of anilines is 1. The first-order chi connectivity index (χ1) is 14.5. The Kier molecular flexibility index (Phi) is 7.20. The lowest BCUT2D eigenvalue weighted by atomic mass is 10.2. The van der Waals surface area contributed by atoms with E-state index in [9.17, 15) is 8.42 Å². The van der Waals surface area contributed by atoms with Gasteiger partial charge in [-0.25, -0.2) is 13.4 Å². The van der Waals surface area contributed by atoms with Gasteiger partial charge in [0.05, 0.1) is 23.9 Å². The van der Waals surface area contributed by atoms with Crippen molar-refractivity contribution in [1.82, 2.24) is 9.29 Å². The summed E-state index contributed by atoms with van der Waals surface area (Å²) in [4.78, 5) is 4.78. The first-order valence-corrected chi connectivity index (χ1v) is 11.8. The summed E-state index contributed by atoms with van der Waals surface area (Å²) in [5.74, 6) is 0.787. The molecule has 0 saturated heterocycles. The highest BCUT2D eigenvalue weighted by Gasteiger charge is 2.22. The molecule has 0 aliphatic heterocycles. The van der Waals surface area contributed by atoms with E-state index in [-0.39, 0.29) is 4.90 Å². The lowest BCUT2D eigenvalue weighted by Crippen LogP contribution is -2.30. The van der Waals surface area contributed by atoms with E-state index >= 15 is 0 Å². The normalized spacial score (nSPS) is 11.9. The second-order valence-electron chi connectivity index (χ2n) is 6.30. The topological polar surface area (TPSA) is 83.9 Å². The summed E-state index contributed by atoms with van der Waals surface area (Å²) in [6, 6.07) is 14.4. The number of benzene rings is 2. The van der Waals surface area contributed by atoms with Crippen LogP contribution in [0.1, 0.15) is 19.4 Å². The Balaban J connectivity index is 1.73. The zero-order chi connectivity index (χ0) is 21.6. The van der Waals surface area contributed by atoms with Crippen LogP contribution in [0.3, 0.4) is 0 Å². The van der Waals surface area contributed by atoms with Crippen molar-refractivity contribution in [2.75, 3.05) is 25.6 Å². The van der Waals surface area contributed by atoms with Gasteiger partial charge < -0.3 is 4.74 Å². The molecule has 0 spiro atoms. The van der Waals surface area contributed by atoms with Crippen LogP contribution in [0, 0.1) is 0 Å². The highest BCUT2D eigenvalue weighted by atomic mass is 32.2. The summed E-state index contributed by atoms with van der Waals surface area (Å²) in [5, 5.41) is 6.69. The summed E-state index contributed by atoms with van der Waals surface area (Å²) < 4.78 is 32.1. The second-order valence-corrected chi connectivity index (χ2v) is 9.09. The summed E-state index contributed by atoms with van der Waals surface area (Å²) >= 11 is 1.40. The fourth-order valence-electron chi connectivity index (χ4n) is 2.84. The largest absolute Gasteiger partial charge is 0.497 e. The van der Waals surface area contributed by atoms with Crippen LogP contribution in [0.15, 0.2) is 63.9 Å². The SMILES string of the molecule is CCN(CC)S(=O)(=O)c1cccc(-c2csc(NN=Cc3ccc(OC)cc3)n2)c1. The molecule has 0 bridgehead atoms. The first-order valence-electron chi connectivity index (χ1n) is 9.47. The van der Waals surface area contributed by atoms with Gasteiger partial charge in [-0.2, -0.15) is 9.41 Å². The molecule has 1 N–H and O–H groups in total. The molecule has 1 heterocycles. The summed E-state index contributed by atoms with van der Waals surface area (Å²) in [7, 11) is -1.89. The summed E-state index contributed by atoms with van der Waals surface area (Å²) in [6.07, 6.45) is 1.69. The first kappa shape index (κ1) is 21.9. The molecule has 0 radical (unpaired) electrons. The number of ether oxygens (including phenoxy) is 1. The Morgan fingerprint density at radius 3 is 2.57 bits per heavy atom. The summed E-state index contributed by atoms with van der Waals surface area (Å²) in [5.41, 5.74) is 5.27. The van der Waals surface area contributed by atoms with Gasteiger partial charge in [0.25, 0.3) is 0 Å². The quantitative estimate of drug-likeness (QED) is 0.393. The van der Waals surface area contributed by atoms with Crippen molar-refractivity contribution >= 4 is 32.7 Å². The Labute approximate surface area is 181 Å². The predicted octanol–water partition coefficient (Wildman–Crippen LogP) is 4.30. The number of thiazole rings is 1. The van der Waals surface area contributed by atoms with Crippen LogP contribution in [-0.4, -0.2) is 44.1 Å². The predicted molar refractivity (Wildman–Crippen MR) is 122 cm³/mol. The number of methoxy groups -OCH3 is 1. The Morgan fingerprint density at radius 1 is 1.17 bits per heavy atom. The van der Waals surface area contributed by atoms with Crippen LogP contribution in [0.4, 0.5) is 5.13 Å². The zero-order valence-corrected chi connectivity index (χ0v) is 18.7. The minimum absolute atomic E-state index is 0.267. The van der Waals surface area contributed by atoms with Crippen LogP contribution in [-0.2, 0) is 10.0 Å². The number of aromatic nitrogens is 1. The molecule has 0 unspecified atom stereocenters. The molecule has 30 heavy (non-hydrogen) atoms. The number of hydrogen-bond acceptors (Lipinski definition) is 7. The maximum absolute atomic E-state index is 12.8. The molecule has 3 aromatic rings. The third-order valence-electron chi connectivity index (χ3n) is 4.47. The molecule has 0 fully saturated rings. The Hall–Kier alpha value is -2.75. The molecule has 0 atom stereocenters. The minimum Gasteiger partial charge on any atom is -0.497 e. The van der Waals surface area contributed by atoms with Crippen molar-refractivity contribution in [2.45, 2.75) is 18.7 Å². The van der Waals surface area contributed by atoms with Gasteiger partial charge in [-0.05, 0) is 42.0 Å². The van der Waals surface area contributed by atoms with E-state index in [2.05, 4.69) is 15.5 Å². The Morgan fingerprint density at radius 2 is 1.90 bits per heavy atom. The molecule has 0 amide bonds. The average molecular weight is 445 g/mol. The molecule has 0 saturated carbocycles. The van der Waals surface area contributed by atoms with Crippen molar-refractivity contribution in [1.29, 1.82) is 0 Å². The fourth-order valence-corrected chi connectivity index (χ4v) is 5.01. The van der Waals surface area contributed by atoms with Gasteiger partial charge >= 0.3 is 0 Å². The van der Waals surface area contributed by atoms with Gasteiger partial charge in [0, 0.05) is 24.0 Å². The molecule has 9 heteroatoms. The fraction of sp³-hybridized carbons (Fsp3) is 0.238. The van der Waals surface area contributed by atoms with E-state index in [0.717, 1.165) is 16.9 Å². The number of nitrogens with zero attached hydrogens (tertiary/aromatic N) is 3. The highest BCUT2D eigenvalue weighted by Crippen LogP contribution is 2.27. The molecule has 7 nitrogen and oxygen atoms in total. The lowest BCUT2D eigenvalue weighted by molar-refractivity contribution is 0.415. The zero-order valence-electron chi connectivity index (χ0n) is 17.1. The van der Waals surface area contributed by atoms with E-state index < -0.39 is 10.0 Å². The van der Waals surface area contributed by atoms with Gasteiger partial charge in [0.15, 0.2) is 0 Å². The third-order valence-corrected chi connectivity index (χ3v) is 7.26. The number of nitrogens with one attached hydrogen (secondary N) is 1. The monoisotopic (exact) mass is 444 g/mol. The number of hydrogen-bond donors (Lipinski definition) is 1. The van der Waals surface area contributed by atoms with Gasteiger partial charge in [0.2, 0.25) is 15.2 Å². The maximum Gasteiger partial charge on any atom is 0.243 e. The van der Waals surface area contributed by atoms with Crippen molar-refractivity contribution in [3.05, 3.63) is 59.5 Å². The number of hydrazone groups is 1. The van der Waals surface area contributed by atoms with Crippen LogP contribution in [0.2, 0.25) is 0 Å². The maximum atomic E-state index is 12.8.